The first-order valence-electron chi connectivity index (χ1n) is 12.0. The predicted molar refractivity (Wildman–Crippen MR) is 115 cm³/mol. The van der Waals surface area contributed by atoms with Crippen molar-refractivity contribution in [3.63, 3.8) is 0 Å². The van der Waals surface area contributed by atoms with Crippen LogP contribution in [0.1, 0.15) is 79.1 Å². The molecule has 0 aromatic rings. The Morgan fingerprint density at radius 3 is 2.16 bits per heavy atom. The molecule has 2 heterocycles. The van der Waals surface area contributed by atoms with E-state index in [0.717, 1.165) is 38.8 Å². The molecule has 0 bridgehead atoms. The van der Waals surface area contributed by atoms with E-state index in [0.29, 0.717) is 45.4 Å². The molecule has 0 amide bonds. The second-order valence-corrected chi connectivity index (χ2v) is 9.79. The van der Waals surface area contributed by atoms with Gasteiger partial charge in [0, 0.05) is 19.6 Å². The van der Waals surface area contributed by atoms with Crippen molar-refractivity contribution in [3.05, 3.63) is 0 Å². The summed E-state index contributed by atoms with van der Waals surface area (Å²) in [4.78, 5) is 34.0. The normalized spacial score (nSPS) is 28.1. The summed E-state index contributed by atoms with van der Waals surface area (Å²) in [5.74, 6) is -2.01. The topological polar surface area (TPSA) is 77.5 Å². The van der Waals surface area contributed by atoms with E-state index in [1.807, 2.05) is 27.7 Å². The molecule has 3 rings (SSSR count). The third kappa shape index (κ3) is 5.97. The van der Waals surface area contributed by atoms with E-state index in [-0.39, 0.29) is 18.0 Å². The van der Waals surface area contributed by atoms with Crippen molar-refractivity contribution in [2.24, 2.45) is 5.92 Å². The fraction of sp³-hybridized carbons (Fsp3) is 0.913. The van der Waals surface area contributed by atoms with Gasteiger partial charge >= 0.3 is 17.8 Å². The van der Waals surface area contributed by atoms with Gasteiger partial charge in [-0.1, -0.05) is 0 Å². The first-order chi connectivity index (χ1) is 14.8. The lowest BCUT2D eigenvalue weighted by Crippen LogP contribution is -2.69. The van der Waals surface area contributed by atoms with Crippen LogP contribution in [0.5, 0.6) is 0 Å². The second-order valence-electron chi connectivity index (χ2n) is 9.79. The van der Waals surface area contributed by atoms with Gasteiger partial charge in [-0.25, -0.2) is 4.79 Å². The van der Waals surface area contributed by atoms with Crippen molar-refractivity contribution in [1.82, 2.24) is 9.96 Å². The van der Waals surface area contributed by atoms with Crippen molar-refractivity contribution in [1.29, 1.82) is 0 Å². The molecule has 3 fully saturated rings. The number of hydroxylamine groups is 2. The van der Waals surface area contributed by atoms with Crippen LogP contribution in [0.2, 0.25) is 0 Å². The summed E-state index contributed by atoms with van der Waals surface area (Å²) in [7, 11) is 0. The number of likely N-dealkylation sites (tertiary alicyclic amines) is 1. The number of hydrogen-bond acceptors (Lipinski definition) is 8. The fourth-order valence-corrected chi connectivity index (χ4v) is 4.68. The van der Waals surface area contributed by atoms with Crippen LogP contribution in [0.3, 0.4) is 0 Å². The predicted octanol–water partition coefficient (Wildman–Crippen LogP) is 3.24. The van der Waals surface area contributed by atoms with E-state index < -0.39 is 17.4 Å². The Bertz CT molecular complexity index is 602. The van der Waals surface area contributed by atoms with E-state index in [4.69, 9.17) is 19.0 Å². The molecule has 0 radical (unpaired) electrons. The van der Waals surface area contributed by atoms with Crippen molar-refractivity contribution >= 4 is 11.9 Å². The molecule has 3 aliphatic rings. The van der Waals surface area contributed by atoms with Gasteiger partial charge in [-0.2, -0.15) is 0 Å². The maximum absolute atomic E-state index is 13.7. The lowest BCUT2D eigenvalue weighted by molar-refractivity contribution is -0.370. The summed E-state index contributed by atoms with van der Waals surface area (Å²) in [5, 5.41) is 1.73. The summed E-state index contributed by atoms with van der Waals surface area (Å²) in [6.07, 6.45) is 6.59. The smallest absolute Gasteiger partial charge is 0.373 e. The number of ether oxygens (including phenoxy) is 3. The lowest BCUT2D eigenvalue weighted by Gasteiger charge is -2.49. The Kier molecular flexibility index (Phi) is 8.35. The molecule has 1 aliphatic carbocycles. The van der Waals surface area contributed by atoms with Gasteiger partial charge in [-0.15, -0.1) is 5.06 Å². The Labute approximate surface area is 186 Å². The SMILES string of the molecule is CCOC(=O)C1CCC(OC(C(=O)OC(C)(C)C)(N2CCCC2)N2CCCCO2)CC1. The van der Waals surface area contributed by atoms with E-state index in [9.17, 15) is 9.59 Å². The van der Waals surface area contributed by atoms with Crippen molar-refractivity contribution in [2.45, 2.75) is 96.6 Å². The molecular formula is C23H40N2O6. The average molecular weight is 441 g/mol. The third-order valence-electron chi connectivity index (χ3n) is 6.17. The standard InChI is InChI=1S/C23H40N2O6/c1-5-28-20(26)18-10-12-19(13-11-18)30-23(24-14-6-7-15-24,21(27)31-22(2,3)4)25-16-8-9-17-29-25/h18-19H,5-17H2,1-4H3. The molecule has 2 aliphatic heterocycles. The summed E-state index contributed by atoms with van der Waals surface area (Å²) >= 11 is 0. The maximum atomic E-state index is 13.7. The van der Waals surface area contributed by atoms with E-state index >= 15 is 0 Å². The number of carbonyl (C=O) groups is 2. The van der Waals surface area contributed by atoms with Crippen LogP contribution in [0, 0.1) is 5.92 Å². The Balaban J connectivity index is 1.82. The summed E-state index contributed by atoms with van der Waals surface area (Å²) in [6.45, 7) is 10.6. The summed E-state index contributed by atoms with van der Waals surface area (Å²) in [5.41, 5.74) is -0.636. The van der Waals surface area contributed by atoms with Crippen LogP contribution in [0.15, 0.2) is 0 Å². The van der Waals surface area contributed by atoms with Crippen molar-refractivity contribution in [3.8, 4) is 0 Å². The van der Waals surface area contributed by atoms with Gasteiger partial charge in [0.1, 0.15) is 5.60 Å². The quantitative estimate of drug-likeness (QED) is 0.559. The molecule has 31 heavy (non-hydrogen) atoms. The zero-order chi connectivity index (χ0) is 22.5. The molecular weight excluding hydrogens is 400 g/mol. The Hall–Kier alpha value is -1.22. The van der Waals surface area contributed by atoms with E-state index in [1.165, 1.54) is 0 Å². The van der Waals surface area contributed by atoms with Crippen LogP contribution in [-0.2, 0) is 28.6 Å². The lowest BCUT2D eigenvalue weighted by atomic mass is 9.87. The van der Waals surface area contributed by atoms with E-state index in [2.05, 4.69) is 4.90 Å². The zero-order valence-electron chi connectivity index (χ0n) is 19.7. The van der Waals surface area contributed by atoms with Crippen molar-refractivity contribution < 1.29 is 28.6 Å². The molecule has 0 aromatic heterocycles. The van der Waals surface area contributed by atoms with Crippen LogP contribution in [0.4, 0.5) is 0 Å². The second kappa shape index (κ2) is 10.6. The van der Waals surface area contributed by atoms with Gasteiger partial charge in [0.05, 0.1) is 25.2 Å². The highest BCUT2D eigenvalue weighted by molar-refractivity contribution is 5.79. The molecule has 1 atom stereocenters. The maximum Gasteiger partial charge on any atom is 0.373 e. The van der Waals surface area contributed by atoms with Crippen LogP contribution >= 0.6 is 0 Å². The van der Waals surface area contributed by atoms with Crippen molar-refractivity contribution in [2.75, 3.05) is 32.8 Å². The monoisotopic (exact) mass is 440 g/mol. The number of hydrogen-bond donors (Lipinski definition) is 0. The fourth-order valence-electron chi connectivity index (χ4n) is 4.68. The molecule has 0 aromatic carbocycles. The highest BCUT2D eigenvalue weighted by Gasteiger charge is 2.56. The minimum absolute atomic E-state index is 0.0891. The molecule has 2 saturated heterocycles. The first-order valence-corrected chi connectivity index (χ1v) is 12.0. The minimum atomic E-state index is -1.38. The highest BCUT2D eigenvalue weighted by atomic mass is 16.7. The van der Waals surface area contributed by atoms with Gasteiger partial charge in [0.25, 0.3) is 0 Å². The van der Waals surface area contributed by atoms with Crippen LogP contribution < -0.4 is 0 Å². The Morgan fingerprint density at radius 1 is 0.968 bits per heavy atom. The van der Waals surface area contributed by atoms with Gasteiger partial charge < -0.3 is 14.2 Å². The average Bonchev–Trinajstić information content (AvgIpc) is 3.27. The van der Waals surface area contributed by atoms with Gasteiger partial charge in [-0.05, 0) is 79.1 Å². The number of carbonyl (C=O) groups excluding carboxylic acids is 2. The summed E-state index contributed by atoms with van der Waals surface area (Å²) < 4.78 is 17.8. The molecule has 178 valence electrons. The molecule has 8 heteroatoms. The summed E-state index contributed by atoms with van der Waals surface area (Å²) in [6, 6.07) is 0. The third-order valence-corrected chi connectivity index (χ3v) is 6.17. The minimum Gasteiger partial charge on any atom is -0.466 e. The molecule has 8 nitrogen and oxygen atoms in total. The first kappa shape index (κ1) is 24.4. The molecule has 0 spiro atoms. The van der Waals surface area contributed by atoms with Crippen LogP contribution in [-0.4, -0.2) is 72.3 Å². The molecule has 1 unspecified atom stereocenters. The van der Waals surface area contributed by atoms with Gasteiger partial charge in [-0.3, -0.25) is 14.5 Å². The Morgan fingerprint density at radius 2 is 1.61 bits per heavy atom. The van der Waals surface area contributed by atoms with Gasteiger partial charge in [0.2, 0.25) is 0 Å². The number of esters is 2. The largest absolute Gasteiger partial charge is 0.466 e. The number of rotatable bonds is 7. The highest BCUT2D eigenvalue weighted by Crippen LogP contribution is 2.37. The van der Waals surface area contributed by atoms with Gasteiger partial charge in [0.15, 0.2) is 0 Å². The van der Waals surface area contributed by atoms with E-state index in [1.54, 1.807) is 5.06 Å². The van der Waals surface area contributed by atoms with Crippen LogP contribution in [0.25, 0.3) is 0 Å². The number of nitrogens with zero attached hydrogens (tertiary/aromatic N) is 2. The molecule has 0 N–H and O–H groups in total. The molecule has 1 saturated carbocycles. The zero-order valence-corrected chi connectivity index (χ0v) is 19.7.